The molecule has 318 valence electrons. The molecule has 8 N–H and O–H groups in total. The molecular formula is C42H39N10NaO9S. The third kappa shape index (κ3) is 8.84. The molecule has 4 aromatic heterocycles. The second kappa shape index (κ2) is 18.7. The molecule has 0 spiro atoms. The molecule has 3 aromatic carbocycles. The molecule has 7 aromatic rings. The van der Waals surface area contributed by atoms with Crippen molar-refractivity contribution in [2.45, 2.75) is 42.7 Å². The fourth-order valence-electron chi connectivity index (χ4n) is 7.74. The number of carboxylic acids is 2. The Balaban J connectivity index is 0.000000211. The molecule has 19 nitrogen and oxygen atoms in total. The van der Waals surface area contributed by atoms with Crippen molar-refractivity contribution in [3.63, 3.8) is 0 Å². The maximum absolute atomic E-state index is 13.6. The Hall–Kier alpha value is -6.71. The van der Waals surface area contributed by atoms with Gasteiger partial charge in [-0.05, 0) is 49.9 Å². The van der Waals surface area contributed by atoms with E-state index in [9.17, 15) is 37.8 Å². The van der Waals surface area contributed by atoms with Crippen LogP contribution in [0.1, 0.15) is 46.7 Å². The molecule has 2 aliphatic heterocycles. The topological polar surface area (TPSA) is 304 Å². The van der Waals surface area contributed by atoms with Crippen LogP contribution >= 0.6 is 0 Å². The minimum Gasteiger partial charge on any atom is -0.870 e. The van der Waals surface area contributed by atoms with Crippen molar-refractivity contribution in [3.05, 3.63) is 115 Å². The number of aromatic amines is 1. The summed E-state index contributed by atoms with van der Waals surface area (Å²) in [6.45, 7) is 1.08. The Morgan fingerprint density at radius 2 is 1.13 bits per heavy atom. The second-order valence-corrected chi connectivity index (χ2v) is 16.2. The van der Waals surface area contributed by atoms with E-state index in [1.807, 2.05) is 41.3 Å². The van der Waals surface area contributed by atoms with Crippen molar-refractivity contribution >= 4 is 67.5 Å². The van der Waals surface area contributed by atoms with E-state index in [1.165, 1.54) is 24.3 Å². The number of aromatic carboxylic acids is 2. The van der Waals surface area contributed by atoms with E-state index >= 15 is 0 Å². The molecule has 0 unspecified atom stereocenters. The normalized spacial score (nSPS) is 15.9. The van der Waals surface area contributed by atoms with Crippen LogP contribution in [0.3, 0.4) is 0 Å². The molecule has 21 heteroatoms. The predicted octanol–water partition coefficient (Wildman–Crippen LogP) is 1.09. The van der Waals surface area contributed by atoms with Gasteiger partial charge in [0.05, 0.1) is 15.7 Å². The molecule has 2 fully saturated rings. The first-order chi connectivity index (χ1) is 29.3. The predicted molar refractivity (Wildman–Crippen MR) is 226 cm³/mol. The first kappa shape index (κ1) is 45.8. The number of hydrogen-bond acceptors (Lipinski definition) is 13. The van der Waals surface area contributed by atoms with Crippen LogP contribution < -0.4 is 50.8 Å². The molecule has 0 saturated carbocycles. The Bertz CT molecular complexity index is 2950. The molecule has 9 rings (SSSR count). The number of benzene rings is 3. The fraction of sp³-hybridized carbons (Fsp3) is 0.190. The third-order valence-corrected chi connectivity index (χ3v) is 12.3. The van der Waals surface area contributed by atoms with E-state index in [0.29, 0.717) is 60.6 Å². The second-order valence-electron chi connectivity index (χ2n) is 14.4. The number of carbonyl (C=O) groups excluding carboxylic acids is 2. The van der Waals surface area contributed by atoms with Crippen LogP contribution in [-0.2, 0) is 19.6 Å². The van der Waals surface area contributed by atoms with Gasteiger partial charge in [-0.15, -0.1) is 0 Å². The maximum atomic E-state index is 13.6. The standard InChI is InChI=1S/C24H21N5O5S.C18H17N5O3.Na.H2O/c25-20(30)18-12-7-13-28(18)22-17-14-19(24(31)32)29(35(33,34)16-10-5-2-6-11-16)23(17)27-21(26-22)15-8-3-1-4-9-15;19-14(24)13-7-4-8-23(13)17-11-9-12(18(25)26)20-16(11)21-15(22-17)10-5-2-1-3-6-10;;/h1-6,8-11,14,18H,7,12-13H2,(H2,25,30)(H,31,32);1-3,5-6,9,13H,4,7-8H2,(H2,19,24)(H,25,26)(H,20,21,22);;1H2/q;;+1;/p-1/t18-;13-;;/m00../s1. The Morgan fingerprint density at radius 1 is 0.651 bits per heavy atom. The number of amides is 2. The molecule has 2 saturated heterocycles. The molecule has 0 aliphatic carbocycles. The molecule has 6 heterocycles. The van der Waals surface area contributed by atoms with Crippen molar-refractivity contribution in [2.75, 3.05) is 22.9 Å². The Labute approximate surface area is 381 Å². The van der Waals surface area contributed by atoms with Crippen LogP contribution in [0.2, 0.25) is 0 Å². The van der Waals surface area contributed by atoms with Crippen molar-refractivity contribution < 1.29 is 72.8 Å². The van der Waals surface area contributed by atoms with Gasteiger partial charge in [-0.2, -0.15) is 0 Å². The maximum Gasteiger partial charge on any atom is 1.00 e. The monoisotopic (exact) mass is 882 g/mol. The number of nitrogens with two attached hydrogens (primary N) is 2. The van der Waals surface area contributed by atoms with Crippen LogP contribution in [0.4, 0.5) is 11.6 Å². The SMILES string of the molecule is NC(=O)[C@@H]1CCCN1c1nc(-c2ccccc2)nc2[nH]c(C(=O)O)cc12.NC(=O)[C@@H]1CCCN1c1nc(-c2ccccc2)nc2c1cc(C(=O)O)n2S(=O)(=O)c1ccccc1.[Na+].[OH-]. The number of H-pyrrole nitrogens is 1. The number of aromatic nitrogens is 6. The van der Waals surface area contributed by atoms with Gasteiger partial charge in [-0.3, -0.25) is 9.59 Å². The van der Waals surface area contributed by atoms with Gasteiger partial charge in [0, 0.05) is 24.2 Å². The molecule has 2 aliphatic rings. The van der Waals surface area contributed by atoms with Crippen LogP contribution in [0.15, 0.2) is 108 Å². The number of nitrogens with zero attached hydrogens (tertiary/aromatic N) is 7. The number of fused-ring (bicyclic) bond motifs is 2. The fourth-order valence-corrected chi connectivity index (χ4v) is 9.21. The molecule has 0 bridgehead atoms. The number of carbonyl (C=O) groups is 4. The van der Waals surface area contributed by atoms with Gasteiger partial charge < -0.3 is 41.9 Å². The number of anilines is 2. The van der Waals surface area contributed by atoms with E-state index < -0.39 is 51.6 Å². The quantitative estimate of drug-likeness (QED) is 0.120. The largest absolute Gasteiger partial charge is 1.00 e. The summed E-state index contributed by atoms with van der Waals surface area (Å²) in [5.74, 6) is -2.02. The molecule has 2 atom stereocenters. The van der Waals surface area contributed by atoms with Crippen molar-refractivity contribution in [3.8, 4) is 22.8 Å². The zero-order valence-electron chi connectivity index (χ0n) is 33.7. The minimum absolute atomic E-state index is 0. The minimum atomic E-state index is -4.33. The van der Waals surface area contributed by atoms with Gasteiger partial charge in [-0.25, -0.2) is 41.9 Å². The summed E-state index contributed by atoms with van der Waals surface area (Å²) in [6, 6.07) is 27.5. The van der Waals surface area contributed by atoms with Gasteiger partial charge in [0.25, 0.3) is 10.0 Å². The Morgan fingerprint density at radius 3 is 1.60 bits per heavy atom. The van der Waals surface area contributed by atoms with Crippen LogP contribution in [0, 0.1) is 0 Å². The first-order valence-corrected chi connectivity index (χ1v) is 20.6. The molecule has 63 heavy (non-hydrogen) atoms. The number of carboxylic acid groups (broad SMARTS) is 2. The van der Waals surface area contributed by atoms with E-state index in [0.717, 1.165) is 16.0 Å². The van der Waals surface area contributed by atoms with Gasteiger partial charge in [-0.1, -0.05) is 78.9 Å². The van der Waals surface area contributed by atoms with Crippen molar-refractivity contribution in [1.82, 2.24) is 28.9 Å². The van der Waals surface area contributed by atoms with Crippen molar-refractivity contribution in [1.29, 1.82) is 0 Å². The summed E-state index contributed by atoms with van der Waals surface area (Å²) in [5, 5.41) is 20.0. The van der Waals surface area contributed by atoms with Crippen molar-refractivity contribution in [2.24, 2.45) is 11.5 Å². The van der Waals surface area contributed by atoms with Crippen LogP contribution in [0.5, 0.6) is 0 Å². The molecule has 0 radical (unpaired) electrons. The van der Waals surface area contributed by atoms with E-state index in [-0.39, 0.29) is 68.3 Å². The number of primary amides is 2. The van der Waals surface area contributed by atoms with Gasteiger partial charge in [0.1, 0.15) is 40.8 Å². The summed E-state index contributed by atoms with van der Waals surface area (Å²) in [7, 11) is -4.33. The average Bonchev–Trinajstić information content (AvgIpc) is 4.10. The van der Waals surface area contributed by atoms with E-state index in [1.54, 1.807) is 47.4 Å². The summed E-state index contributed by atoms with van der Waals surface area (Å²) < 4.78 is 28.0. The van der Waals surface area contributed by atoms with Gasteiger partial charge in [0.15, 0.2) is 17.3 Å². The smallest absolute Gasteiger partial charge is 0.870 e. The number of rotatable bonds is 10. The number of nitrogens with one attached hydrogen (secondary N) is 1. The Kier molecular flexibility index (Phi) is 13.6. The summed E-state index contributed by atoms with van der Waals surface area (Å²) >= 11 is 0. The number of hydrogen-bond donors (Lipinski definition) is 5. The summed E-state index contributed by atoms with van der Waals surface area (Å²) in [5.41, 5.74) is 12.4. The third-order valence-electron chi connectivity index (χ3n) is 10.6. The molecular weight excluding hydrogens is 844 g/mol. The zero-order chi connectivity index (χ0) is 43.0. The van der Waals surface area contributed by atoms with E-state index in [4.69, 9.17) is 11.5 Å². The first-order valence-electron chi connectivity index (χ1n) is 19.2. The zero-order valence-corrected chi connectivity index (χ0v) is 36.5. The van der Waals surface area contributed by atoms with Crippen LogP contribution in [-0.4, -0.2) is 102 Å². The van der Waals surface area contributed by atoms with E-state index in [2.05, 4.69) is 24.9 Å². The van der Waals surface area contributed by atoms with Gasteiger partial charge >= 0.3 is 41.5 Å². The van der Waals surface area contributed by atoms with Gasteiger partial charge in [0.2, 0.25) is 11.8 Å². The van der Waals surface area contributed by atoms with Crippen LogP contribution in [0.25, 0.3) is 44.8 Å². The summed E-state index contributed by atoms with van der Waals surface area (Å²) in [6.07, 6.45) is 2.65. The molecule has 2 amide bonds. The average molecular weight is 883 g/mol. The summed E-state index contributed by atoms with van der Waals surface area (Å²) in [4.78, 5) is 72.1.